The van der Waals surface area contributed by atoms with Crippen LogP contribution in [0.25, 0.3) is 0 Å². The minimum atomic E-state index is -0.441. The van der Waals surface area contributed by atoms with Gasteiger partial charge >= 0.3 is 0 Å². The Hall–Kier alpha value is -2.64. The summed E-state index contributed by atoms with van der Waals surface area (Å²) in [5.41, 5.74) is 0.726. The lowest BCUT2D eigenvalue weighted by Gasteiger charge is -2.12. The highest BCUT2D eigenvalue weighted by Crippen LogP contribution is 2.22. The van der Waals surface area contributed by atoms with Crippen molar-refractivity contribution in [2.75, 3.05) is 26.4 Å². The molecule has 7 nitrogen and oxygen atoms in total. The van der Waals surface area contributed by atoms with Crippen LogP contribution in [0.2, 0.25) is 0 Å². The highest BCUT2D eigenvalue weighted by atomic mass is 16.7. The van der Waals surface area contributed by atoms with Gasteiger partial charge < -0.3 is 14.6 Å². The van der Waals surface area contributed by atoms with Gasteiger partial charge in [0, 0.05) is 0 Å². The van der Waals surface area contributed by atoms with Crippen molar-refractivity contribution in [3.05, 3.63) is 61.1 Å². The van der Waals surface area contributed by atoms with E-state index in [1.165, 1.54) is 12.5 Å². The first kappa shape index (κ1) is 18.4. The van der Waals surface area contributed by atoms with Crippen molar-refractivity contribution < 1.29 is 29.0 Å². The van der Waals surface area contributed by atoms with E-state index in [1.54, 1.807) is 24.3 Å². The molecule has 0 atom stereocenters. The Bertz CT molecular complexity index is 522. The zero-order valence-corrected chi connectivity index (χ0v) is 12.6. The summed E-state index contributed by atoms with van der Waals surface area (Å²) < 4.78 is 9.33. The third-order valence-corrected chi connectivity index (χ3v) is 2.62. The average Bonchev–Trinajstić information content (AvgIpc) is 2.82. The van der Waals surface area contributed by atoms with Crippen molar-refractivity contribution in [2.45, 2.75) is 0 Å². The zero-order valence-electron chi connectivity index (χ0n) is 12.6. The van der Waals surface area contributed by atoms with Crippen LogP contribution in [0.1, 0.15) is 20.7 Å². The first-order chi connectivity index (χ1) is 11.2. The molecule has 1 aliphatic rings. The number of hydrogen-bond donors (Lipinski definition) is 1. The largest absolute Gasteiger partial charge is 0.499 e. The van der Waals surface area contributed by atoms with E-state index >= 15 is 0 Å². The molecule has 2 rings (SSSR count). The van der Waals surface area contributed by atoms with E-state index < -0.39 is 11.8 Å². The lowest BCUT2D eigenvalue weighted by Crippen LogP contribution is -2.31. The maximum Gasteiger partial charge on any atom is 0.285 e. The zero-order chi connectivity index (χ0) is 17.1. The van der Waals surface area contributed by atoms with Gasteiger partial charge in [-0.1, -0.05) is 25.3 Å². The number of amides is 2. The van der Waals surface area contributed by atoms with Crippen LogP contribution in [0.3, 0.4) is 0 Å². The van der Waals surface area contributed by atoms with Crippen LogP contribution in [-0.4, -0.2) is 48.4 Å². The first-order valence-corrected chi connectivity index (χ1v) is 6.84. The van der Waals surface area contributed by atoms with Crippen LogP contribution in [0.5, 0.6) is 0 Å². The second kappa shape index (κ2) is 10.1. The Morgan fingerprint density at radius 1 is 0.957 bits per heavy atom. The van der Waals surface area contributed by atoms with Gasteiger partial charge in [-0.25, -0.2) is 0 Å². The molecule has 1 heterocycles. The van der Waals surface area contributed by atoms with Crippen molar-refractivity contribution in [1.82, 2.24) is 5.06 Å². The van der Waals surface area contributed by atoms with Crippen LogP contribution in [0.15, 0.2) is 49.9 Å². The van der Waals surface area contributed by atoms with Gasteiger partial charge in [0.1, 0.15) is 19.8 Å². The molecule has 0 radical (unpaired) electrons. The average molecular weight is 321 g/mol. The lowest BCUT2D eigenvalue weighted by atomic mass is 10.1. The Balaban J connectivity index is 0.000000379. The van der Waals surface area contributed by atoms with Crippen molar-refractivity contribution >= 4 is 11.8 Å². The lowest BCUT2D eigenvalue weighted by molar-refractivity contribution is -0.100. The minimum absolute atomic E-state index is 0.0615. The van der Waals surface area contributed by atoms with Gasteiger partial charge in [-0.05, 0) is 12.1 Å². The summed E-state index contributed by atoms with van der Waals surface area (Å²) in [5, 5.41) is 8.79. The van der Waals surface area contributed by atoms with Gasteiger partial charge in [0.25, 0.3) is 11.8 Å². The maximum atomic E-state index is 11.8. The van der Waals surface area contributed by atoms with E-state index in [-0.39, 0.29) is 19.8 Å². The number of imide groups is 1. The Morgan fingerprint density at radius 2 is 1.48 bits per heavy atom. The van der Waals surface area contributed by atoms with E-state index in [1.807, 2.05) is 0 Å². The fraction of sp³-hybridized carbons (Fsp3) is 0.250. The van der Waals surface area contributed by atoms with E-state index in [9.17, 15) is 9.59 Å². The molecule has 124 valence electrons. The summed E-state index contributed by atoms with van der Waals surface area (Å²) in [4.78, 5) is 28.7. The van der Waals surface area contributed by atoms with E-state index in [0.717, 1.165) is 5.06 Å². The summed E-state index contributed by atoms with van der Waals surface area (Å²) >= 11 is 0. The molecular formula is C16H19NO6. The topological polar surface area (TPSA) is 85.3 Å². The van der Waals surface area contributed by atoms with Crippen molar-refractivity contribution in [3.8, 4) is 0 Å². The number of hydroxylamine groups is 2. The Labute approximate surface area is 134 Å². The molecule has 1 aromatic carbocycles. The molecule has 23 heavy (non-hydrogen) atoms. The van der Waals surface area contributed by atoms with Gasteiger partial charge in [0.15, 0.2) is 0 Å². The van der Waals surface area contributed by atoms with Gasteiger partial charge in [-0.15, -0.1) is 5.06 Å². The number of aliphatic hydroxyl groups is 1. The number of rotatable bonds is 8. The predicted octanol–water partition coefficient (Wildman–Crippen LogP) is 1.51. The summed E-state index contributed by atoms with van der Waals surface area (Å²) in [6, 6.07) is 6.60. The number of hydrogen-bond acceptors (Lipinski definition) is 6. The van der Waals surface area contributed by atoms with Crippen LogP contribution in [-0.2, 0) is 14.3 Å². The first-order valence-electron chi connectivity index (χ1n) is 6.84. The molecule has 0 saturated carbocycles. The third-order valence-electron chi connectivity index (χ3n) is 2.62. The number of carbonyl (C=O) groups is 2. The van der Waals surface area contributed by atoms with Gasteiger partial charge in [0.05, 0.1) is 30.3 Å². The maximum absolute atomic E-state index is 11.8. The fourth-order valence-electron chi connectivity index (χ4n) is 1.68. The van der Waals surface area contributed by atoms with Crippen LogP contribution >= 0.6 is 0 Å². The fourth-order valence-corrected chi connectivity index (χ4v) is 1.68. The molecular weight excluding hydrogens is 302 g/mol. The number of benzene rings is 1. The highest BCUT2D eigenvalue weighted by Gasteiger charge is 2.36. The second-order valence-electron chi connectivity index (χ2n) is 4.08. The Morgan fingerprint density at radius 3 is 1.91 bits per heavy atom. The molecule has 0 saturated heterocycles. The van der Waals surface area contributed by atoms with E-state index in [4.69, 9.17) is 14.7 Å². The molecule has 1 aliphatic heterocycles. The molecule has 0 spiro atoms. The smallest absolute Gasteiger partial charge is 0.285 e. The van der Waals surface area contributed by atoms with Crippen LogP contribution < -0.4 is 0 Å². The third kappa shape index (κ3) is 5.24. The van der Waals surface area contributed by atoms with Gasteiger partial charge in [0.2, 0.25) is 0 Å². The van der Waals surface area contributed by atoms with E-state index in [2.05, 4.69) is 17.9 Å². The number of fused-ring (bicyclic) bond motifs is 1. The molecule has 7 heteroatoms. The molecule has 1 aromatic rings. The summed E-state index contributed by atoms with van der Waals surface area (Å²) in [7, 11) is 0. The molecule has 0 bridgehead atoms. The summed E-state index contributed by atoms with van der Waals surface area (Å²) in [5.74, 6) is -0.881. The molecule has 0 aliphatic carbocycles. The standard InChI is InChI=1S/C12H11NO4.C4H8O2/c1-2-16-7-8-17-13-11(14)9-5-3-4-6-10(9)12(13)15;1-2-6-4-3-5/h2-6H,1,7-8H2;2,5H,1,3-4H2. The van der Waals surface area contributed by atoms with Crippen molar-refractivity contribution in [1.29, 1.82) is 0 Å². The summed E-state index contributed by atoms with van der Waals surface area (Å²) in [6.45, 7) is 7.39. The molecule has 0 aromatic heterocycles. The molecule has 0 unspecified atom stereocenters. The number of nitrogens with zero attached hydrogens (tertiary/aromatic N) is 1. The molecule has 2 amide bonds. The van der Waals surface area contributed by atoms with Crippen molar-refractivity contribution in [3.63, 3.8) is 0 Å². The minimum Gasteiger partial charge on any atom is -0.499 e. The second-order valence-corrected chi connectivity index (χ2v) is 4.08. The number of ether oxygens (including phenoxy) is 2. The quantitative estimate of drug-likeness (QED) is 0.444. The van der Waals surface area contributed by atoms with Gasteiger partial charge in [-0.2, -0.15) is 0 Å². The van der Waals surface area contributed by atoms with Crippen LogP contribution in [0, 0.1) is 0 Å². The SMILES string of the molecule is C=COCCO.C=COCCON1C(=O)c2ccccc2C1=O. The normalized spacial score (nSPS) is 12.1. The van der Waals surface area contributed by atoms with E-state index in [0.29, 0.717) is 17.7 Å². The summed E-state index contributed by atoms with van der Waals surface area (Å²) in [6.07, 6.45) is 2.57. The highest BCUT2D eigenvalue weighted by molar-refractivity contribution is 6.20. The Kier molecular flexibility index (Phi) is 8.12. The van der Waals surface area contributed by atoms with Gasteiger partial charge in [-0.3, -0.25) is 14.4 Å². The molecule has 0 fully saturated rings. The predicted molar refractivity (Wildman–Crippen MR) is 82.3 cm³/mol. The van der Waals surface area contributed by atoms with Crippen LogP contribution in [0.4, 0.5) is 0 Å². The van der Waals surface area contributed by atoms with Crippen molar-refractivity contribution in [2.24, 2.45) is 0 Å². The monoisotopic (exact) mass is 321 g/mol. The number of aliphatic hydroxyl groups excluding tert-OH is 1. The molecule has 1 N–H and O–H groups in total. The number of carbonyl (C=O) groups excluding carboxylic acids is 2.